The van der Waals surface area contributed by atoms with Gasteiger partial charge in [0, 0.05) is 26.2 Å². The van der Waals surface area contributed by atoms with E-state index in [2.05, 4.69) is 48.0 Å². The highest BCUT2D eigenvalue weighted by Gasteiger charge is 2.23. The Bertz CT molecular complexity index is 419. The van der Waals surface area contributed by atoms with Gasteiger partial charge in [-0.15, -0.1) is 12.4 Å². The van der Waals surface area contributed by atoms with Crippen molar-refractivity contribution in [1.29, 1.82) is 5.26 Å². The predicted molar refractivity (Wildman–Crippen MR) is 75.9 cm³/mol. The van der Waals surface area contributed by atoms with Crippen LogP contribution in [0.15, 0.2) is 24.3 Å². The van der Waals surface area contributed by atoms with Gasteiger partial charge in [0.15, 0.2) is 0 Å². The zero-order chi connectivity index (χ0) is 12.3. The van der Waals surface area contributed by atoms with Gasteiger partial charge in [0.1, 0.15) is 6.04 Å². The van der Waals surface area contributed by atoms with Gasteiger partial charge in [0.05, 0.1) is 6.07 Å². The van der Waals surface area contributed by atoms with Crippen LogP contribution in [-0.2, 0) is 0 Å². The van der Waals surface area contributed by atoms with Crippen LogP contribution in [0.4, 0.5) is 0 Å². The molecule has 1 aromatic rings. The van der Waals surface area contributed by atoms with Crippen LogP contribution in [0, 0.1) is 18.3 Å². The molecule has 98 valence electrons. The molecule has 18 heavy (non-hydrogen) atoms. The molecule has 1 saturated heterocycles. The third kappa shape index (κ3) is 3.46. The number of halogens is 1. The molecule has 1 unspecified atom stereocenters. The number of likely N-dealkylation sites (N-methyl/N-ethyl adjacent to an activating group) is 1. The molecule has 3 nitrogen and oxygen atoms in total. The number of hydrogen-bond donors (Lipinski definition) is 0. The lowest BCUT2D eigenvalue weighted by Gasteiger charge is -2.35. The molecule has 0 radical (unpaired) electrons. The highest BCUT2D eigenvalue weighted by molar-refractivity contribution is 5.85. The largest absolute Gasteiger partial charge is 0.304 e. The summed E-state index contributed by atoms with van der Waals surface area (Å²) in [5.41, 5.74) is 2.34. The molecule has 1 fully saturated rings. The van der Waals surface area contributed by atoms with E-state index in [1.54, 1.807) is 0 Å². The SMILES string of the molecule is Cc1cccc(C(C#N)N2CCN(C)CC2)c1.Cl. The molecule has 0 amide bonds. The highest BCUT2D eigenvalue weighted by Crippen LogP contribution is 2.21. The molecule has 1 aliphatic heterocycles. The van der Waals surface area contributed by atoms with Crippen LogP contribution in [-0.4, -0.2) is 43.0 Å². The first-order valence-electron chi connectivity index (χ1n) is 6.09. The topological polar surface area (TPSA) is 30.3 Å². The number of aryl methyl sites for hydroxylation is 1. The molecular formula is C14H20ClN3. The summed E-state index contributed by atoms with van der Waals surface area (Å²) >= 11 is 0. The molecule has 0 aliphatic carbocycles. The van der Waals surface area contributed by atoms with E-state index in [9.17, 15) is 5.26 Å². The van der Waals surface area contributed by atoms with Crippen LogP contribution >= 0.6 is 12.4 Å². The second-order valence-corrected chi connectivity index (χ2v) is 4.79. The van der Waals surface area contributed by atoms with Gasteiger partial charge in [-0.3, -0.25) is 4.90 Å². The van der Waals surface area contributed by atoms with E-state index in [0.717, 1.165) is 31.7 Å². The Morgan fingerprint density at radius 1 is 1.22 bits per heavy atom. The Kier molecular flexibility index (Phi) is 5.61. The van der Waals surface area contributed by atoms with Crippen molar-refractivity contribution in [3.63, 3.8) is 0 Å². The maximum atomic E-state index is 9.38. The quantitative estimate of drug-likeness (QED) is 0.822. The fourth-order valence-corrected chi connectivity index (χ4v) is 2.29. The summed E-state index contributed by atoms with van der Waals surface area (Å²) in [5, 5.41) is 9.38. The van der Waals surface area contributed by atoms with E-state index in [1.807, 2.05) is 6.07 Å². The molecule has 0 bridgehead atoms. The van der Waals surface area contributed by atoms with Crippen molar-refractivity contribution < 1.29 is 0 Å². The Hall–Kier alpha value is -1.08. The number of benzene rings is 1. The number of nitriles is 1. The van der Waals surface area contributed by atoms with E-state index in [-0.39, 0.29) is 18.4 Å². The van der Waals surface area contributed by atoms with Crippen LogP contribution in [0.2, 0.25) is 0 Å². The summed E-state index contributed by atoms with van der Waals surface area (Å²) in [5.74, 6) is 0. The zero-order valence-corrected chi connectivity index (χ0v) is 11.8. The molecule has 0 spiro atoms. The lowest BCUT2D eigenvalue weighted by molar-refractivity contribution is 0.133. The van der Waals surface area contributed by atoms with Crippen LogP contribution in [0.5, 0.6) is 0 Å². The molecule has 1 atom stereocenters. The Morgan fingerprint density at radius 3 is 2.44 bits per heavy atom. The maximum Gasteiger partial charge on any atom is 0.123 e. The van der Waals surface area contributed by atoms with Gasteiger partial charge in [-0.05, 0) is 19.5 Å². The average Bonchev–Trinajstić information content (AvgIpc) is 2.33. The Balaban J connectivity index is 0.00000162. The van der Waals surface area contributed by atoms with Gasteiger partial charge in [-0.25, -0.2) is 0 Å². The third-order valence-electron chi connectivity index (χ3n) is 3.38. The van der Waals surface area contributed by atoms with Gasteiger partial charge >= 0.3 is 0 Å². The first-order valence-corrected chi connectivity index (χ1v) is 6.09. The number of hydrogen-bond acceptors (Lipinski definition) is 3. The molecule has 1 aromatic carbocycles. The minimum Gasteiger partial charge on any atom is -0.304 e. The van der Waals surface area contributed by atoms with E-state index in [1.165, 1.54) is 5.56 Å². The second kappa shape index (κ2) is 6.75. The van der Waals surface area contributed by atoms with Crippen molar-refractivity contribution in [2.24, 2.45) is 0 Å². The Labute approximate surface area is 115 Å². The fourth-order valence-electron chi connectivity index (χ4n) is 2.29. The summed E-state index contributed by atoms with van der Waals surface area (Å²) in [6, 6.07) is 10.6. The summed E-state index contributed by atoms with van der Waals surface area (Å²) < 4.78 is 0. The molecular weight excluding hydrogens is 246 g/mol. The van der Waals surface area contributed by atoms with E-state index < -0.39 is 0 Å². The first-order chi connectivity index (χ1) is 8.20. The van der Waals surface area contributed by atoms with Crippen LogP contribution in [0.25, 0.3) is 0 Å². The molecule has 1 heterocycles. The molecule has 2 rings (SSSR count). The Morgan fingerprint density at radius 2 is 1.89 bits per heavy atom. The molecule has 0 N–H and O–H groups in total. The third-order valence-corrected chi connectivity index (χ3v) is 3.38. The van der Waals surface area contributed by atoms with Crippen LogP contribution in [0.1, 0.15) is 17.2 Å². The van der Waals surface area contributed by atoms with Crippen molar-refractivity contribution >= 4 is 12.4 Å². The minimum absolute atomic E-state index is 0. The van der Waals surface area contributed by atoms with Crippen molar-refractivity contribution in [2.45, 2.75) is 13.0 Å². The van der Waals surface area contributed by atoms with E-state index >= 15 is 0 Å². The second-order valence-electron chi connectivity index (χ2n) is 4.79. The van der Waals surface area contributed by atoms with Crippen LogP contribution < -0.4 is 0 Å². The van der Waals surface area contributed by atoms with Gasteiger partial charge in [0.25, 0.3) is 0 Å². The maximum absolute atomic E-state index is 9.38. The number of nitrogens with zero attached hydrogens (tertiary/aromatic N) is 3. The van der Waals surface area contributed by atoms with Gasteiger partial charge in [-0.2, -0.15) is 5.26 Å². The predicted octanol–water partition coefficient (Wildman–Crippen LogP) is 2.23. The van der Waals surface area contributed by atoms with Crippen molar-refractivity contribution in [3.8, 4) is 6.07 Å². The summed E-state index contributed by atoms with van der Waals surface area (Å²) in [6.07, 6.45) is 0. The first kappa shape index (κ1) is 15.0. The van der Waals surface area contributed by atoms with Gasteiger partial charge in [0.2, 0.25) is 0 Å². The van der Waals surface area contributed by atoms with Gasteiger partial charge in [-0.1, -0.05) is 29.8 Å². The molecule has 1 aliphatic rings. The molecule has 0 aromatic heterocycles. The summed E-state index contributed by atoms with van der Waals surface area (Å²) in [6.45, 7) is 6.11. The average molecular weight is 266 g/mol. The van der Waals surface area contributed by atoms with Crippen molar-refractivity contribution in [1.82, 2.24) is 9.80 Å². The van der Waals surface area contributed by atoms with Crippen LogP contribution in [0.3, 0.4) is 0 Å². The number of piperazine rings is 1. The fraction of sp³-hybridized carbons (Fsp3) is 0.500. The summed E-state index contributed by atoms with van der Waals surface area (Å²) in [4.78, 5) is 4.58. The lowest BCUT2D eigenvalue weighted by Crippen LogP contribution is -2.45. The lowest BCUT2D eigenvalue weighted by atomic mass is 10.0. The monoisotopic (exact) mass is 265 g/mol. The zero-order valence-electron chi connectivity index (χ0n) is 11.0. The normalized spacial score (nSPS) is 18.7. The molecule has 0 saturated carbocycles. The highest BCUT2D eigenvalue weighted by atomic mass is 35.5. The molecule has 4 heteroatoms. The van der Waals surface area contributed by atoms with E-state index in [0.29, 0.717) is 0 Å². The van der Waals surface area contributed by atoms with E-state index in [4.69, 9.17) is 0 Å². The smallest absolute Gasteiger partial charge is 0.123 e. The van der Waals surface area contributed by atoms with Crippen molar-refractivity contribution in [2.75, 3.05) is 33.2 Å². The minimum atomic E-state index is -0.0939. The van der Waals surface area contributed by atoms with Gasteiger partial charge < -0.3 is 4.90 Å². The standard InChI is InChI=1S/C14H19N3.ClH/c1-12-4-3-5-13(10-12)14(11-15)17-8-6-16(2)7-9-17;/h3-5,10,14H,6-9H2,1-2H3;1H. The van der Waals surface area contributed by atoms with Crippen molar-refractivity contribution in [3.05, 3.63) is 35.4 Å². The summed E-state index contributed by atoms with van der Waals surface area (Å²) in [7, 11) is 2.13. The number of rotatable bonds is 2.